The van der Waals surface area contributed by atoms with Crippen LogP contribution in [0.3, 0.4) is 0 Å². The SMILES string of the molecule is CC(C)(C)OC(=O)C1([C@](C)(N[S+]([O-])C(C)(C)C)c2cc([N+](=O)[O-])ccc2F)CC1. The second-order valence-electron chi connectivity index (χ2n) is 9.61. The fourth-order valence-electron chi connectivity index (χ4n) is 3.17. The first-order valence-corrected chi connectivity index (χ1v) is 10.6. The minimum Gasteiger partial charge on any atom is -0.598 e. The highest BCUT2D eigenvalue weighted by Crippen LogP contribution is 2.60. The van der Waals surface area contributed by atoms with Gasteiger partial charge in [0, 0.05) is 29.1 Å². The smallest absolute Gasteiger partial charge is 0.315 e. The van der Waals surface area contributed by atoms with Gasteiger partial charge in [-0.25, -0.2) is 4.39 Å². The predicted octanol–water partition coefficient (Wildman–Crippen LogP) is 4.12. The Balaban J connectivity index is 2.64. The minimum atomic E-state index is -1.67. The van der Waals surface area contributed by atoms with Gasteiger partial charge in [0.25, 0.3) is 5.69 Å². The van der Waals surface area contributed by atoms with E-state index in [1.54, 1.807) is 48.5 Å². The van der Waals surface area contributed by atoms with Crippen LogP contribution in [0.2, 0.25) is 0 Å². The van der Waals surface area contributed by atoms with Crippen LogP contribution in [0.5, 0.6) is 0 Å². The molecule has 1 saturated carbocycles. The normalized spacial score (nSPS) is 19.2. The summed E-state index contributed by atoms with van der Waals surface area (Å²) in [5, 5.41) is 11.3. The number of esters is 1. The van der Waals surface area contributed by atoms with Crippen molar-refractivity contribution in [3.63, 3.8) is 0 Å². The predicted molar refractivity (Wildman–Crippen MR) is 109 cm³/mol. The monoisotopic (exact) mass is 428 g/mol. The molecule has 0 aliphatic heterocycles. The van der Waals surface area contributed by atoms with E-state index >= 15 is 0 Å². The van der Waals surface area contributed by atoms with E-state index in [0.717, 1.165) is 18.2 Å². The van der Waals surface area contributed by atoms with Gasteiger partial charge in [0.05, 0.1) is 10.3 Å². The van der Waals surface area contributed by atoms with E-state index < -0.39 is 49.4 Å². The number of nitrogens with zero attached hydrogens (tertiary/aromatic N) is 1. The van der Waals surface area contributed by atoms with Crippen molar-refractivity contribution in [3.8, 4) is 0 Å². The molecular formula is C20H29FN2O5S. The molecule has 1 aliphatic rings. The van der Waals surface area contributed by atoms with E-state index in [0.29, 0.717) is 12.8 Å². The van der Waals surface area contributed by atoms with Crippen molar-refractivity contribution in [1.82, 2.24) is 4.72 Å². The van der Waals surface area contributed by atoms with Gasteiger partial charge in [-0.2, -0.15) is 0 Å². The number of hydrogen-bond acceptors (Lipinski definition) is 6. The molecule has 1 N–H and O–H groups in total. The fraction of sp³-hybridized carbons (Fsp3) is 0.650. The highest BCUT2D eigenvalue weighted by Gasteiger charge is 2.67. The maximum Gasteiger partial charge on any atom is 0.315 e. The lowest BCUT2D eigenvalue weighted by Crippen LogP contribution is -2.57. The van der Waals surface area contributed by atoms with Crippen molar-refractivity contribution >= 4 is 23.0 Å². The van der Waals surface area contributed by atoms with Crippen molar-refractivity contribution in [2.45, 2.75) is 77.2 Å². The lowest BCUT2D eigenvalue weighted by Gasteiger charge is -2.40. The zero-order valence-electron chi connectivity index (χ0n) is 17.9. The summed E-state index contributed by atoms with van der Waals surface area (Å²) < 4.78 is 35.7. The van der Waals surface area contributed by atoms with Crippen LogP contribution in [0.15, 0.2) is 18.2 Å². The van der Waals surface area contributed by atoms with E-state index in [1.807, 2.05) is 0 Å². The number of hydrogen-bond donors (Lipinski definition) is 1. The van der Waals surface area contributed by atoms with E-state index in [-0.39, 0.29) is 11.3 Å². The molecule has 0 aromatic heterocycles. The van der Waals surface area contributed by atoms with Gasteiger partial charge in [0.15, 0.2) is 0 Å². The average Bonchev–Trinajstić information content (AvgIpc) is 3.34. The summed E-state index contributed by atoms with van der Waals surface area (Å²) >= 11 is -1.67. The van der Waals surface area contributed by atoms with Gasteiger partial charge in [0.2, 0.25) is 0 Å². The zero-order chi connectivity index (χ0) is 22.4. The molecule has 0 radical (unpaired) electrons. The second-order valence-corrected chi connectivity index (χ2v) is 11.6. The Morgan fingerprint density at radius 3 is 2.17 bits per heavy atom. The number of halogens is 1. The topological polar surface area (TPSA) is 105 Å². The van der Waals surface area contributed by atoms with E-state index in [2.05, 4.69) is 4.72 Å². The third kappa shape index (κ3) is 4.73. The molecule has 1 unspecified atom stereocenters. The number of rotatable bonds is 6. The summed E-state index contributed by atoms with van der Waals surface area (Å²) in [6.07, 6.45) is 0.768. The molecule has 162 valence electrons. The van der Waals surface area contributed by atoms with Gasteiger partial charge in [0.1, 0.15) is 21.7 Å². The molecule has 9 heteroatoms. The average molecular weight is 429 g/mol. The maximum atomic E-state index is 14.9. The van der Waals surface area contributed by atoms with Crippen LogP contribution in [0.4, 0.5) is 10.1 Å². The largest absolute Gasteiger partial charge is 0.598 e. The van der Waals surface area contributed by atoms with Crippen molar-refractivity contribution < 1.29 is 23.4 Å². The number of nitro groups is 1. The van der Waals surface area contributed by atoms with Crippen molar-refractivity contribution in [2.75, 3.05) is 0 Å². The summed E-state index contributed by atoms with van der Waals surface area (Å²) in [6.45, 7) is 12.0. The van der Waals surface area contributed by atoms with Gasteiger partial charge in [-0.3, -0.25) is 14.9 Å². The Bertz CT molecular complexity index is 814. The first-order valence-electron chi connectivity index (χ1n) is 9.41. The molecule has 0 heterocycles. The summed E-state index contributed by atoms with van der Waals surface area (Å²) in [7, 11) is 0. The maximum absolute atomic E-state index is 14.9. The summed E-state index contributed by atoms with van der Waals surface area (Å²) in [6, 6.07) is 3.16. The number of non-ortho nitro benzene ring substituents is 1. The zero-order valence-corrected chi connectivity index (χ0v) is 18.7. The van der Waals surface area contributed by atoms with Gasteiger partial charge in [-0.15, -0.1) is 4.72 Å². The minimum absolute atomic E-state index is 0.0762. The number of ether oxygens (including phenoxy) is 1. The van der Waals surface area contributed by atoms with Crippen LogP contribution in [-0.2, 0) is 26.4 Å². The number of benzene rings is 1. The lowest BCUT2D eigenvalue weighted by atomic mass is 9.77. The molecule has 0 saturated heterocycles. The van der Waals surface area contributed by atoms with Crippen LogP contribution in [0.1, 0.15) is 66.9 Å². The molecule has 1 fully saturated rings. The lowest BCUT2D eigenvalue weighted by molar-refractivity contribution is -0.385. The Hall–Kier alpha value is -1.71. The highest BCUT2D eigenvalue weighted by molar-refractivity contribution is 7.90. The van der Waals surface area contributed by atoms with Crippen LogP contribution in [0, 0.1) is 21.3 Å². The summed E-state index contributed by atoms with van der Waals surface area (Å²) in [4.78, 5) is 23.7. The van der Waals surface area contributed by atoms with Crippen molar-refractivity contribution in [3.05, 3.63) is 39.7 Å². The molecule has 2 atom stereocenters. The fourth-order valence-corrected chi connectivity index (χ4v) is 4.15. The van der Waals surface area contributed by atoms with E-state index in [1.165, 1.54) is 0 Å². The Labute approximate surface area is 173 Å². The van der Waals surface area contributed by atoms with Crippen LogP contribution >= 0.6 is 0 Å². The number of nitrogens with one attached hydrogen (secondary N) is 1. The summed E-state index contributed by atoms with van der Waals surface area (Å²) in [5.41, 5.74) is -3.80. The summed E-state index contributed by atoms with van der Waals surface area (Å²) in [5.74, 6) is -1.26. The Morgan fingerprint density at radius 2 is 1.76 bits per heavy atom. The van der Waals surface area contributed by atoms with Crippen molar-refractivity contribution in [2.24, 2.45) is 5.41 Å². The van der Waals surface area contributed by atoms with Gasteiger partial charge in [-0.1, -0.05) is 0 Å². The molecule has 7 nitrogen and oxygen atoms in total. The Kier molecular flexibility index (Phi) is 6.11. The Morgan fingerprint density at radius 1 is 1.21 bits per heavy atom. The molecule has 1 aliphatic carbocycles. The second kappa shape index (κ2) is 7.52. The van der Waals surface area contributed by atoms with Gasteiger partial charge in [-0.05, 0) is 67.4 Å². The van der Waals surface area contributed by atoms with Crippen LogP contribution < -0.4 is 4.72 Å². The molecule has 0 bridgehead atoms. The highest BCUT2D eigenvalue weighted by atomic mass is 32.2. The number of carbonyl (C=O) groups excluding carboxylic acids is 1. The number of carbonyl (C=O) groups is 1. The van der Waals surface area contributed by atoms with Gasteiger partial charge < -0.3 is 9.29 Å². The molecule has 1 aromatic carbocycles. The third-order valence-corrected chi connectivity index (χ3v) is 6.76. The molecule has 0 amide bonds. The van der Waals surface area contributed by atoms with E-state index in [9.17, 15) is 23.9 Å². The molecular weight excluding hydrogens is 399 g/mol. The van der Waals surface area contributed by atoms with Gasteiger partial charge >= 0.3 is 5.97 Å². The standard InChI is InChI=1S/C20H29FN2O5S/c1-17(2,3)28-16(24)20(10-11-20)19(7,22-29(27)18(4,5)6)14-12-13(23(25)26)8-9-15(14)21/h8-9,12,22H,10-11H2,1-7H3/t19-,29?/m1/s1. The van der Waals surface area contributed by atoms with E-state index in [4.69, 9.17) is 4.74 Å². The van der Waals surface area contributed by atoms with Crippen molar-refractivity contribution in [1.29, 1.82) is 0 Å². The third-order valence-electron chi connectivity index (χ3n) is 5.05. The molecule has 1 aromatic rings. The molecule has 0 spiro atoms. The first kappa shape index (κ1) is 23.6. The quantitative estimate of drug-likeness (QED) is 0.316. The van der Waals surface area contributed by atoms with Crippen LogP contribution in [-0.4, -0.2) is 25.8 Å². The molecule has 29 heavy (non-hydrogen) atoms. The van der Waals surface area contributed by atoms with Crippen LogP contribution in [0.25, 0.3) is 0 Å². The number of nitro benzene ring substituents is 1. The molecule has 2 rings (SSSR count). The first-order chi connectivity index (χ1) is 13.0.